The average molecular weight is 455 g/mol. The van der Waals surface area contributed by atoms with E-state index >= 15 is 0 Å². The van der Waals surface area contributed by atoms with Gasteiger partial charge in [0.1, 0.15) is 11.5 Å². The van der Waals surface area contributed by atoms with Crippen LogP contribution in [0.4, 0.5) is 14.5 Å². The molecule has 1 aliphatic heterocycles. The molecule has 3 aromatic rings. The predicted octanol–water partition coefficient (Wildman–Crippen LogP) is 3.22. The summed E-state index contributed by atoms with van der Waals surface area (Å²) in [7, 11) is 6.15. The number of anilines is 1. The molecule has 8 heteroatoms. The minimum absolute atomic E-state index is 0.228. The molecular formula is C25H32F2N6. The first-order valence-electron chi connectivity index (χ1n) is 11.3. The molecule has 0 atom stereocenters. The Labute approximate surface area is 194 Å². The van der Waals surface area contributed by atoms with Crippen molar-refractivity contribution in [1.29, 1.82) is 0 Å². The van der Waals surface area contributed by atoms with E-state index in [1.807, 2.05) is 49.5 Å². The van der Waals surface area contributed by atoms with E-state index in [9.17, 15) is 8.78 Å². The number of nitrogens with zero attached hydrogens (tertiary/aromatic N) is 5. The van der Waals surface area contributed by atoms with Crippen molar-refractivity contribution in [2.24, 2.45) is 0 Å². The number of likely N-dealkylation sites (N-methyl/N-ethyl adjacent to an activating group) is 1. The Balaban J connectivity index is 1.52. The maximum absolute atomic E-state index is 14.4. The van der Waals surface area contributed by atoms with Crippen LogP contribution in [0.3, 0.4) is 0 Å². The van der Waals surface area contributed by atoms with Crippen LogP contribution in [-0.4, -0.2) is 80.0 Å². The molecule has 6 nitrogen and oxygen atoms in total. The molecule has 0 saturated carbocycles. The first kappa shape index (κ1) is 23.4. The van der Waals surface area contributed by atoms with Crippen LogP contribution in [0.25, 0.3) is 16.9 Å². The topological polar surface area (TPSA) is 39.6 Å². The van der Waals surface area contributed by atoms with E-state index in [1.165, 1.54) is 16.8 Å². The van der Waals surface area contributed by atoms with Gasteiger partial charge in [-0.25, -0.2) is 13.5 Å². The summed E-state index contributed by atoms with van der Waals surface area (Å²) in [6, 6.07) is 11.7. The molecule has 0 bridgehead atoms. The fourth-order valence-electron chi connectivity index (χ4n) is 4.02. The number of hydrogen-bond donors (Lipinski definition) is 1. The lowest BCUT2D eigenvalue weighted by atomic mass is 10.1. The Morgan fingerprint density at radius 3 is 2.39 bits per heavy atom. The van der Waals surface area contributed by atoms with Crippen LogP contribution >= 0.6 is 0 Å². The monoisotopic (exact) mass is 454 g/mol. The van der Waals surface area contributed by atoms with E-state index in [0.29, 0.717) is 6.54 Å². The molecule has 33 heavy (non-hydrogen) atoms. The summed E-state index contributed by atoms with van der Waals surface area (Å²) >= 11 is 0. The molecule has 4 rings (SSSR count). The van der Waals surface area contributed by atoms with Gasteiger partial charge >= 0.3 is 0 Å². The van der Waals surface area contributed by atoms with E-state index < -0.39 is 11.6 Å². The summed E-state index contributed by atoms with van der Waals surface area (Å²) in [6.07, 6.45) is 1.83. The molecule has 0 aliphatic carbocycles. The minimum atomic E-state index is -0.637. The van der Waals surface area contributed by atoms with Crippen LogP contribution in [-0.2, 0) is 6.54 Å². The summed E-state index contributed by atoms with van der Waals surface area (Å²) in [5.41, 5.74) is 4.03. The largest absolute Gasteiger partial charge is 0.378 e. The Hall–Kier alpha value is -2.81. The first-order chi connectivity index (χ1) is 15.9. The average Bonchev–Trinajstić information content (AvgIpc) is 3.21. The lowest BCUT2D eigenvalue weighted by Gasteiger charge is -2.32. The lowest BCUT2D eigenvalue weighted by molar-refractivity contribution is 0.154. The van der Waals surface area contributed by atoms with Gasteiger partial charge < -0.3 is 15.1 Å². The van der Waals surface area contributed by atoms with Gasteiger partial charge in [-0.05, 0) is 31.3 Å². The van der Waals surface area contributed by atoms with Gasteiger partial charge in [0, 0.05) is 89.0 Å². The van der Waals surface area contributed by atoms with Crippen molar-refractivity contribution >= 4 is 5.69 Å². The van der Waals surface area contributed by atoms with Crippen molar-refractivity contribution in [2.75, 3.05) is 65.3 Å². The number of rotatable bonds is 8. The normalized spacial score (nSPS) is 15.2. The molecule has 0 spiro atoms. The molecule has 1 aromatic heterocycles. The molecular weight excluding hydrogens is 422 g/mol. The van der Waals surface area contributed by atoms with Crippen molar-refractivity contribution in [3.63, 3.8) is 0 Å². The van der Waals surface area contributed by atoms with Gasteiger partial charge in [-0.1, -0.05) is 12.1 Å². The van der Waals surface area contributed by atoms with Crippen LogP contribution in [0.15, 0.2) is 48.7 Å². The second kappa shape index (κ2) is 10.4. The molecule has 0 amide bonds. The number of piperazine rings is 1. The van der Waals surface area contributed by atoms with E-state index in [-0.39, 0.29) is 5.69 Å². The van der Waals surface area contributed by atoms with Gasteiger partial charge in [0.05, 0.1) is 5.69 Å². The summed E-state index contributed by atoms with van der Waals surface area (Å²) < 4.78 is 29.3. The SMILES string of the molecule is CN1CCN(CCNCc2cn(-c3ccc(F)cc3F)nc2-c2ccc(N(C)C)cc2)CC1. The number of nitrogens with one attached hydrogen (secondary N) is 1. The number of aromatic nitrogens is 2. The van der Waals surface area contributed by atoms with E-state index in [1.54, 1.807) is 0 Å². The highest BCUT2D eigenvalue weighted by Gasteiger charge is 2.16. The molecule has 1 N–H and O–H groups in total. The summed E-state index contributed by atoms with van der Waals surface area (Å²) in [5, 5.41) is 8.20. The molecule has 176 valence electrons. The Kier molecular flexibility index (Phi) is 7.37. The first-order valence-corrected chi connectivity index (χ1v) is 11.3. The van der Waals surface area contributed by atoms with Crippen molar-refractivity contribution in [3.05, 3.63) is 65.9 Å². The van der Waals surface area contributed by atoms with E-state index in [0.717, 1.165) is 67.8 Å². The molecule has 0 radical (unpaired) electrons. The van der Waals surface area contributed by atoms with Gasteiger partial charge in [0.2, 0.25) is 0 Å². The van der Waals surface area contributed by atoms with Crippen molar-refractivity contribution in [1.82, 2.24) is 24.9 Å². The number of hydrogen-bond acceptors (Lipinski definition) is 5. The van der Waals surface area contributed by atoms with Gasteiger partial charge in [0.15, 0.2) is 5.82 Å². The molecule has 1 saturated heterocycles. The maximum Gasteiger partial charge on any atom is 0.151 e. The third kappa shape index (κ3) is 5.76. The summed E-state index contributed by atoms with van der Waals surface area (Å²) in [5.74, 6) is -1.24. The predicted molar refractivity (Wildman–Crippen MR) is 129 cm³/mol. The van der Waals surface area contributed by atoms with Gasteiger partial charge in [-0.3, -0.25) is 4.90 Å². The van der Waals surface area contributed by atoms with Crippen molar-refractivity contribution < 1.29 is 8.78 Å². The summed E-state index contributed by atoms with van der Waals surface area (Å²) in [4.78, 5) is 6.85. The highest BCUT2D eigenvalue weighted by Crippen LogP contribution is 2.26. The zero-order valence-corrected chi connectivity index (χ0v) is 19.6. The number of halogens is 2. The smallest absolute Gasteiger partial charge is 0.151 e. The van der Waals surface area contributed by atoms with E-state index in [4.69, 9.17) is 0 Å². The fraction of sp³-hybridized carbons (Fsp3) is 0.400. The third-order valence-electron chi connectivity index (χ3n) is 6.12. The second-order valence-electron chi connectivity index (χ2n) is 8.81. The van der Waals surface area contributed by atoms with Crippen LogP contribution < -0.4 is 10.2 Å². The molecule has 1 aliphatic rings. The maximum atomic E-state index is 14.4. The number of benzene rings is 2. The zero-order chi connectivity index (χ0) is 23.4. The van der Waals surface area contributed by atoms with Crippen LogP contribution in [0.1, 0.15) is 5.56 Å². The molecule has 1 fully saturated rings. The quantitative estimate of drug-likeness (QED) is 0.530. The van der Waals surface area contributed by atoms with Gasteiger partial charge in [-0.15, -0.1) is 0 Å². The van der Waals surface area contributed by atoms with Crippen molar-refractivity contribution in [2.45, 2.75) is 6.54 Å². The highest BCUT2D eigenvalue weighted by atomic mass is 19.1. The molecule has 0 unspecified atom stereocenters. The van der Waals surface area contributed by atoms with Crippen LogP contribution in [0.2, 0.25) is 0 Å². The Morgan fingerprint density at radius 2 is 1.73 bits per heavy atom. The zero-order valence-electron chi connectivity index (χ0n) is 19.6. The lowest BCUT2D eigenvalue weighted by Crippen LogP contribution is -2.46. The Morgan fingerprint density at radius 1 is 1.00 bits per heavy atom. The molecule has 2 heterocycles. The third-order valence-corrected chi connectivity index (χ3v) is 6.12. The van der Waals surface area contributed by atoms with Gasteiger partial charge in [-0.2, -0.15) is 5.10 Å². The Bertz CT molecular complexity index is 1060. The van der Waals surface area contributed by atoms with E-state index in [2.05, 4.69) is 27.3 Å². The fourth-order valence-corrected chi connectivity index (χ4v) is 4.02. The highest BCUT2D eigenvalue weighted by molar-refractivity contribution is 5.66. The van der Waals surface area contributed by atoms with Crippen molar-refractivity contribution in [3.8, 4) is 16.9 Å². The minimum Gasteiger partial charge on any atom is -0.378 e. The van der Waals surface area contributed by atoms with Gasteiger partial charge in [0.25, 0.3) is 0 Å². The standard InChI is InChI=1S/C25H32F2N6/c1-30(2)22-7-4-19(5-8-22)25-20(17-28-10-11-32-14-12-31(3)13-15-32)18-33(29-25)24-9-6-21(26)16-23(24)27/h4-9,16,18,28H,10-15,17H2,1-3H3. The van der Waals surface area contributed by atoms with Crippen LogP contribution in [0.5, 0.6) is 0 Å². The van der Waals surface area contributed by atoms with Crippen LogP contribution in [0, 0.1) is 11.6 Å². The second-order valence-corrected chi connectivity index (χ2v) is 8.81. The molecule has 2 aromatic carbocycles. The summed E-state index contributed by atoms with van der Waals surface area (Å²) in [6.45, 7) is 6.83.